The van der Waals surface area contributed by atoms with Crippen molar-refractivity contribution in [3.63, 3.8) is 0 Å². The summed E-state index contributed by atoms with van der Waals surface area (Å²) in [4.78, 5) is 35.4. The SMILES string of the molecule is CCn1cc(NC(=O)c2ccc(COc3ccc([N+](=O)[O-])c(C)c3)o2)c(C(=O)OC(C)C)n1. The molecule has 0 aliphatic carbocycles. The standard InChI is InChI=1S/C22H24N4O7/c1-5-25-11-17(20(24-25)22(28)32-13(2)3)23-21(27)19-9-7-16(33-19)12-31-15-6-8-18(26(29)30)14(4)10-15/h6-11,13H,5,12H2,1-4H3,(H,23,27). The molecule has 0 atom stereocenters. The summed E-state index contributed by atoms with van der Waals surface area (Å²) in [7, 11) is 0. The Hall–Kier alpha value is -4.15. The molecule has 1 amide bonds. The van der Waals surface area contributed by atoms with Gasteiger partial charge in [0, 0.05) is 24.4 Å². The van der Waals surface area contributed by atoms with Gasteiger partial charge < -0.3 is 19.2 Å². The average Bonchev–Trinajstić information content (AvgIpc) is 3.38. The molecule has 2 aromatic heterocycles. The number of esters is 1. The van der Waals surface area contributed by atoms with E-state index in [-0.39, 0.29) is 35.5 Å². The number of ether oxygens (including phenoxy) is 2. The minimum absolute atomic E-state index is 0.00217. The summed E-state index contributed by atoms with van der Waals surface area (Å²) in [5.41, 5.74) is 0.685. The summed E-state index contributed by atoms with van der Waals surface area (Å²) in [5.74, 6) is -0.386. The molecule has 2 heterocycles. The highest BCUT2D eigenvalue weighted by molar-refractivity contribution is 6.06. The summed E-state index contributed by atoms with van der Waals surface area (Å²) in [6, 6.07) is 7.47. The van der Waals surface area contributed by atoms with Crippen molar-refractivity contribution >= 4 is 23.3 Å². The van der Waals surface area contributed by atoms with Gasteiger partial charge in [-0.3, -0.25) is 19.6 Å². The molecule has 0 aliphatic rings. The number of nitrogens with one attached hydrogen (secondary N) is 1. The second kappa shape index (κ2) is 9.98. The number of nitrogens with zero attached hydrogens (tertiary/aromatic N) is 3. The maximum atomic E-state index is 12.6. The Morgan fingerprint density at radius 2 is 2.03 bits per heavy atom. The van der Waals surface area contributed by atoms with Gasteiger partial charge in [0.1, 0.15) is 18.1 Å². The number of nitro benzene ring substituents is 1. The minimum Gasteiger partial charge on any atom is -0.486 e. The molecule has 0 unspecified atom stereocenters. The summed E-state index contributed by atoms with van der Waals surface area (Å²) in [5, 5.41) is 17.7. The van der Waals surface area contributed by atoms with Crippen LogP contribution in [0, 0.1) is 17.0 Å². The second-order valence-corrected chi connectivity index (χ2v) is 7.42. The molecule has 0 radical (unpaired) electrons. The third-order valence-corrected chi connectivity index (χ3v) is 4.50. The first-order valence-electron chi connectivity index (χ1n) is 10.2. The van der Waals surface area contributed by atoms with Crippen LogP contribution in [0.1, 0.15) is 53.1 Å². The van der Waals surface area contributed by atoms with Crippen molar-refractivity contribution in [2.45, 2.75) is 47.0 Å². The predicted molar refractivity (Wildman–Crippen MR) is 117 cm³/mol. The lowest BCUT2D eigenvalue weighted by molar-refractivity contribution is -0.385. The molecule has 3 aromatic rings. The number of anilines is 1. The molecular weight excluding hydrogens is 432 g/mol. The Bertz CT molecular complexity index is 1180. The molecule has 3 rings (SSSR count). The zero-order valence-electron chi connectivity index (χ0n) is 18.7. The largest absolute Gasteiger partial charge is 0.486 e. The highest BCUT2D eigenvalue weighted by atomic mass is 16.6. The lowest BCUT2D eigenvalue weighted by atomic mass is 10.2. The van der Waals surface area contributed by atoms with E-state index in [0.717, 1.165) is 0 Å². The molecule has 1 aromatic carbocycles. The van der Waals surface area contributed by atoms with E-state index >= 15 is 0 Å². The topological polar surface area (TPSA) is 139 Å². The summed E-state index contributed by atoms with van der Waals surface area (Å²) < 4.78 is 17.8. The maximum absolute atomic E-state index is 12.6. The van der Waals surface area contributed by atoms with Gasteiger partial charge in [-0.1, -0.05) is 0 Å². The van der Waals surface area contributed by atoms with Crippen LogP contribution in [0.5, 0.6) is 5.75 Å². The normalized spacial score (nSPS) is 10.8. The first kappa shape index (κ1) is 23.5. The van der Waals surface area contributed by atoms with Crippen molar-refractivity contribution in [1.82, 2.24) is 9.78 Å². The van der Waals surface area contributed by atoms with Gasteiger partial charge in [-0.25, -0.2) is 4.79 Å². The fourth-order valence-electron chi connectivity index (χ4n) is 2.93. The van der Waals surface area contributed by atoms with Crippen molar-refractivity contribution in [3.8, 4) is 5.75 Å². The van der Waals surface area contributed by atoms with Crippen LogP contribution >= 0.6 is 0 Å². The average molecular weight is 456 g/mol. The number of hydrogen-bond acceptors (Lipinski definition) is 8. The van der Waals surface area contributed by atoms with Crippen LogP contribution < -0.4 is 10.1 Å². The fraction of sp³-hybridized carbons (Fsp3) is 0.318. The van der Waals surface area contributed by atoms with Gasteiger partial charge in [0.05, 0.1) is 16.7 Å². The number of carbonyl (C=O) groups excluding carboxylic acids is 2. The van der Waals surface area contributed by atoms with E-state index in [1.807, 2.05) is 6.92 Å². The summed E-state index contributed by atoms with van der Waals surface area (Å²) in [6.07, 6.45) is 1.21. The van der Waals surface area contributed by atoms with Crippen LogP contribution in [0.25, 0.3) is 0 Å². The molecule has 11 nitrogen and oxygen atoms in total. The Kier molecular flexibility index (Phi) is 7.11. The van der Waals surface area contributed by atoms with E-state index < -0.39 is 16.8 Å². The Morgan fingerprint density at radius 1 is 1.27 bits per heavy atom. The van der Waals surface area contributed by atoms with Gasteiger partial charge >= 0.3 is 5.97 Å². The van der Waals surface area contributed by atoms with Crippen LogP contribution in [0.2, 0.25) is 0 Å². The first-order chi connectivity index (χ1) is 15.7. The Balaban J connectivity index is 1.67. The molecule has 0 bridgehead atoms. The number of amides is 1. The number of hydrogen-bond donors (Lipinski definition) is 1. The zero-order chi connectivity index (χ0) is 24.1. The highest BCUT2D eigenvalue weighted by Crippen LogP contribution is 2.24. The van der Waals surface area contributed by atoms with Crippen molar-refractivity contribution in [2.24, 2.45) is 0 Å². The quantitative estimate of drug-likeness (QED) is 0.288. The van der Waals surface area contributed by atoms with Gasteiger partial charge in [-0.15, -0.1) is 0 Å². The number of aromatic nitrogens is 2. The van der Waals surface area contributed by atoms with Gasteiger partial charge in [0.15, 0.2) is 11.5 Å². The van der Waals surface area contributed by atoms with Gasteiger partial charge in [0.2, 0.25) is 0 Å². The van der Waals surface area contributed by atoms with Gasteiger partial charge in [0.25, 0.3) is 11.6 Å². The Morgan fingerprint density at radius 3 is 2.67 bits per heavy atom. The van der Waals surface area contributed by atoms with E-state index in [1.165, 1.54) is 22.9 Å². The number of benzene rings is 1. The lowest BCUT2D eigenvalue weighted by Gasteiger charge is -2.07. The summed E-state index contributed by atoms with van der Waals surface area (Å²) in [6.45, 7) is 7.43. The second-order valence-electron chi connectivity index (χ2n) is 7.42. The number of aryl methyl sites for hydroxylation is 2. The highest BCUT2D eigenvalue weighted by Gasteiger charge is 2.22. The molecule has 174 valence electrons. The van der Waals surface area contributed by atoms with Gasteiger partial charge in [-0.2, -0.15) is 5.10 Å². The van der Waals surface area contributed by atoms with Crippen molar-refractivity contribution in [1.29, 1.82) is 0 Å². The van der Waals surface area contributed by atoms with Crippen LogP contribution in [0.4, 0.5) is 11.4 Å². The monoisotopic (exact) mass is 456 g/mol. The molecule has 0 spiro atoms. The van der Waals surface area contributed by atoms with Crippen molar-refractivity contribution in [2.75, 3.05) is 5.32 Å². The predicted octanol–water partition coefficient (Wildman–Crippen LogP) is 4.11. The molecule has 1 N–H and O–H groups in total. The maximum Gasteiger partial charge on any atom is 0.361 e. The van der Waals surface area contributed by atoms with Crippen LogP contribution in [0.15, 0.2) is 40.9 Å². The van der Waals surface area contributed by atoms with E-state index in [0.29, 0.717) is 23.6 Å². The van der Waals surface area contributed by atoms with Crippen LogP contribution in [-0.2, 0) is 17.9 Å². The number of carbonyl (C=O) groups is 2. The lowest BCUT2D eigenvalue weighted by Crippen LogP contribution is -2.17. The van der Waals surface area contributed by atoms with Crippen LogP contribution in [0.3, 0.4) is 0 Å². The van der Waals surface area contributed by atoms with E-state index in [2.05, 4.69) is 10.4 Å². The number of nitro groups is 1. The Labute approximate surface area is 189 Å². The third-order valence-electron chi connectivity index (χ3n) is 4.50. The molecule has 0 saturated heterocycles. The smallest absolute Gasteiger partial charge is 0.361 e. The molecule has 0 saturated carbocycles. The fourth-order valence-corrected chi connectivity index (χ4v) is 2.93. The van der Waals surface area contributed by atoms with Crippen molar-refractivity contribution in [3.05, 3.63) is 69.4 Å². The molecule has 11 heteroatoms. The summed E-state index contributed by atoms with van der Waals surface area (Å²) >= 11 is 0. The minimum atomic E-state index is -0.639. The van der Waals surface area contributed by atoms with E-state index in [9.17, 15) is 19.7 Å². The van der Waals surface area contributed by atoms with Crippen LogP contribution in [-0.4, -0.2) is 32.7 Å². The van der Waals surface area contributed by atoms with Gasteiger partial charge in [-0.05, 0) is 52.0 Å². The molecule has 0 fully saturated rings. The van der Waals surface area contributed by atoms with Crippen molar-refractivity contribution < 1.29 is 28.4 Å². The van der Waals surface area contributed by atoms with E-state index in [1.54, 1.807) is 39.1 Å². The first-order valence-corrected chi connectivity index (χ1v) is 10.2. The van der Waals surface area contributed by atoms with E-state index in [4.69, 9.17) is 13.9 Å². The number of rotatable bonds is 9. The zero-order valence-corrected chi connectivity index (χ0v) is 18.7. The third kappa shape index (κ3) is 5.76. The molecule has 0 aliphatic heterocycles. The molecule has 33 heavy (non-hydrogen) atoms. The molecular formula is C22H24N4O7. The number of furan rings is 1.